The molecule has 1 aromatic carbocycles. The Morgan fingerprint density at radius 1 is 1.22 bits per heavy atom. The number of aryl methyl sites for hydroxylation is 2. The number of methoxy groups -OCH3 is 1. The molecule has 0 aliphatic carbocycles. The molecule has 8 heteroatoms. The van der Waals surface area contributed by atoms with Crippen LogP contribution in [0.2, 0.25) is 0 Å². The van der Waals surface area contributed by atoms with Gasteiger partial charge in [0.15, 0.2) is 0 Å². The van der Waals surface area contributed by atoms with Crippen LogP contribution in [-0.4, -0.2) is 34.5 Å². The third kappa shape index (κ3) is 5.07. The quantitative estimate of drug-likeness (QED) is 0.655. The maximum atomic E-state index is 11.9. The zero-order chi connectivity index (χ0) is 19.2. The molecule has 0 saturated heterocycles. The summed E-state index contributed by atoms with van der Waals surface area (Å²) in [7, 11) is 1.63. The van der Waals surface area contributed by atoms with Gasteiger partial charge in [-0.15, -0.1) is 11.3 Å². The minimum Gasteiger partial charge on any atom is -0.497 e. The van der Waals surface area contributed by atoms with Crippen LogP contribution >= 0.6 is 11.3 Å². The second-order valence-corrected chi connectivity index (χ2v) is 7.00. The Bertz CT molecular complexity index is 901. The lowest BCUT2D eigenvalue weighted by atomic mass is 10.2. The highest BCUT2D eigenvalue weighted by molar-refractivity contribution is 7.12. The van der Waals surface area contributed by atoms with Crippen LogP contribution in [-0.2, 0) is 13.0 Å². The molecule has 2 amide bonds. The van der Waals surface area contributed by atoms with E-state index in [-0.39, 0.29) is 6.03 Å². The van der Waals surface area contributed by atoms with Crippen molar-refractivity contribution in [2.24, 2.45) is 0 Å². The van der Waals surface area contributed by atoms with Crippen LogP contribution in [0.25, 0.3) is 5.13 Å². The molecule has 0 atom stereocenters. The Balaban J connectivity index is 1.43. The maximum Gasteiger partial charge on any atom is 0.315 e. The molecule has 0 aliphatic heterocycles. The summed E-state index contributed by atoms with van der Waals surface area (Å²) in [5.74, 6) is 0.797. The third-order valence-corrected chi connectivity index (χ3v) is 4.87. The van der Waals surface area contributed by atoms with Gasteiger partial charge in [0, 0.05) is 30.6 Å². The van der Waals surface area contributed by atoms with E-state index < -0.39 is 0 Å². The van der Waals surface area contributed by atoms with Crippen molar-refractivity contribution >= 4 is 17.4 Å². The lowest BCUT2D eigenvalue weighted by Gasteiger charge is -2.07. The van der Waals surface area contributed by atoms with Crippen molar-refractivity contribution < 1.29 is 9.53 Å². The second-order valence-electron chi connectivity index (χ2n) is 6.17. The minimum absolute atomic E-state index is 0.195. The molecule has 0 bridgehead atoms. The van der Waals surface area contributed by atoms with E-state index in [1.807, 2.05) is 54.2 Å². The number of benzene rings is 1. The zero-order valence-electron chi connectivity index (χ0n) is 15.7. The van der Waals surface area contributed by atoms with Crippen LogP contribution in [0.5, 0.6) is 5.75 Å². The number of urea groups is 1. The van der Waals surface area contributed by atoms with Crippen LogP contribution in [0.4, 0.5) is 4.79 Å². The van der Waals surface area contributed by atoms with Gasteiger partial charge in [-0.1, -0.05) is 12.1 Å². The Hall–Kier alpha value is -2.87. The molecule has 2 N–H and O–H groups in total. The summed E-state index contributed by atoms with van der Waals surface area (Å²) >= 11 is 1.55. The van der Waals surface area contributed by atoms with E-state index in [0.717, 1.165) is 33.5 Å². The van der Waals surface area contributed by atoms with Gasteiger partial charge in [0.05, 0.1) is 18.5 Å². The fourth-order valence-corrected chi connectivity index (χ4v) is 3.49. The first kappa shape index (κ1) is 18.9. The molecule has 2 aromatic heterocycles. The zero-order valence-corrected chi connectivity index (χ0v) is 16.5. The van der Waals surface area contributed by atoms with E-state index in [1.54, 1.807) is 18.4 Å². The van der Waals surface area contributed by atoms with Gasteiger partial charge in [-0.2, -0.15) is 5.10 Å². The van der Waals surface area contributed by atoms with Crippen LogP contribution in [0, 0.1) is 13.8 Å². The van der Waals surface area contributed by atoms with Gasteiger partial charge in [0.2, 0.25) is 5.13 Å². The predicted octanol–water partition coefficient (Wildman–Crippen LogP) is 3.00. The first-order valence-corrected chi connectivity index (χ1v) is 9.56. The average molecular weight is 385 g/mol. The fraction of sp³-hybridized carbons (Fsp3) is 0.316. The number of carbonyl (C=O) groups is 1. The number of nitrogens with zero attached hydrogens (tertiary/aromatic N) is 3. The van der Waals surface area contributed by atoms with E-state index in [4.69, 9.17) is 4.74 Å². The van der Waals surface area contributed by atoms with Gasteiger partial charge in [0.25, 0.3) is 0 Å². The van der Waals surface area contributed by atoms with Gasteiger partial charge >= 0.3 is 6.03 Å². The maximum absolute atomic E-state index is 11.9. The van der Waals surface area contributed by atoms with Gasteiger partial charge in [0.1, 0.15) is 5.75 Å². The summed E-state index contributed by atoms with van der Waals surface area (Å²) in [5.41, 5.74) is 3.99. The molecule has 3 aromatic rings. The Kier molecular flexibility index (Phi) is 6.08. The first-order valence-electron chi connectivity index (χ1n) is 8.68. The highest BCUT2D eigenvalue weighted by atomic mass is 32.1. The number of amides is 2. The molecule has 142 valence electrons. The summed E-state index contributed by atoms with van der Waals surface area (Å²) in [6, 6.07) is 9.43. The first-order chi connectivity index (χ1) is 13.0. The summed E-state index contributed by atoms with van der Waals surface area (Å²) in [4.78, 5) is 16.5. The molecule has 2 heterocycles. The summed E-state index contributed by atoms with van der Waals surface area (Å²) in [6.45, 7) is 4.96. The van der Waals surface area contributed by atoms with Gasteiger partial charge in [-0.3, -0.25) is 0 Å². The highest BCUT2D eigenvalue weighted by Crippen LogP contribution is 2.17. The number of nitrogens with one attached hydrogen (secondary N) is 2. The molecule has 7 nitrogen and oxygen atoms in total. The molecule has 27 heavy (non-hydrogen) atoms. The number of rotatable bonds is 7. The molecule has 0 radical (unpaired) electrons. The molecule has 0 unspecified atom stereocenters. The van der Waals surface area contributed by atoms with E-state index >= 15 is 0 Å². The predicted molar refractivity (Wildman–Crippen MR) is 106 cm³/mol. The summed E-state index contributed by atoms with van der Waals surface area (Å²) in [5, 5.41) is 13.0. The van der Waals surface area contributed by atoms with Crippen molar-refractivity contribution in [2.45, 2.75) is 26.8 Å². The SMILES string of the molecule is COc1ccc(CNC(=O)NCCc2csc(-n3nc(C)cc3C)n2)cc1. The van der Waals surface area contributed by atoms with E-state index in [9.17, 15) is 4.79 Å². The Labute approximate surface area is 162 Å². The monoisotopic (exact) mass is 385 g/mol. The average Bonchev–Trinajstić information content (AvgIpc) is 3.26. The molecule has 0 fully saturated rings. The normalized spacial score (nSPS) is 10.6. The topological polar surface area (TPSA) is 81.1 Å². The summed E-state index contributed by atoms with van der Waals surface area (Å²) in [6.07, 6.45) is 0.672. The number of thiazole rings is 1. The van der Waals surface area contributed by atoms with Crippen molar-refractivity contribution in [3.05, 3.63) is 58.4 Å². The number of hydrogen-bond donors (Lipinski definition) is 2. The third-order valence-electron chi connectivity index (χ3n) is 4.01. The van der Waals surface area contributed by atoms with Gasteiger partial charge < -0.3 is 15.4 Å². The van der Waals surface area contributed by atoms with Crippen LogP contribution in [0.15, 0.2) is 35.7 Å². The number of hydrogen-bond acceptors (Lipinski definition) is 5. The summed E-state index contributed by atoms with van der Waals surface area (Å²) < 4.78 is 6.96. The van der Waals surface area contributed by atoms with Crippen molar-refractivity contribution in [3.8, 4) is 10.9 Å². The molecular weight excluding hydrogens is 362 g/mol. The number of ether oxygens (including phenoxy) is 1. The molecule has 0 spiro atoms. The standard InChI is InChI=1S/C19H23N5O2S/c1-13-10-14(2)24(23-13)19-22-16(12-27-19)8-9-20-18(25)21-11-15-4-6-17(26-3)7-5-15/h4-7,10,12H,8-9,11H2,1-3H3,(H2,20,21,25). The van der Waals surface area contributed by atoms with E-state index in [2.05, 4.69) is 20.7 Å². The highest BCUT2D eigenvalue weighted by Gasteiger charge is 2.09. The van der Waals surface area contributed by atoms with Crippen LogP contribution in [0.1, 0.15) is 22.6 Å². The fourth-order valence-electron chi connectivity index (χ4n) is 2.62. The Morgan fingerprint density at radius 3 is 2.67 bits per heavy atom. The molecule has 3 rings (SSSR count). The van der Waals surface area contributed by atoms with E-state index in [1.165, 1.54) is 0 Å². The van der Waals surface area contributed by atoms with Crippen molar-refractivity contribution in [1.29, 1.82) is 0 Å². The van der Waals surface area contributed by atoms with Gasteiger partial charge in [-0.05, 0) is 37.6 Å². The minimum atomic E-state index is -0.195. The lowest BCUT2D eigenvalue weighted by Crippen LogP contribution is -2.36. The van der Waals surface area contributed by atoms with Crippen LogP contribution in [0.3, 0.4) is 0 Å². The van der Waals surface area contributed by atoms with Crippen molar-refractivity contribution in [2.75, 3.05) is 13.7 Å². The van der Waals surface area contributed by atoms with E-state index in [0.29, 0.717) is 19.5 Å². The van der Waals surface area contributed by atoms with Crippen LogP contribution < -0.4 is 15.4 Å². The smallest absolute Gasteiger partial charge is 0.315 e. The van der Waals surface area contributed by atoms with Crippen molar-refractivity contribution in [1.82, 2.24) is 25.4 Å². The van der Waals surface area contributed by atoms with Crippen molar-refractivity contribution in [3.63, 3.8) is 0 Å². The van der Waals surface area contributed by atoms with Gasteiger partial charge in [-0.25, -0.2) is 14.5 Å². The lowest BCUT2D eigenvalue weighted by molar-refractivity contribution is 0.240. The number of aromatic nitrogens is 3. The molecular formula is C19H23N5O2S. The largest absolute Gasteiger partial charge is 0.497 e. The molecule has 0 saturated carbocycles. The number of carbonyl (C=O) groups excluding carboxylic acids is 1. The Morgan fingerprint density at radius 2 is 2.00 bits per heavy atom. The molecule has 0 aliphatic rings. The second kappa shape index (κ2) is 8.68.